The predicted octanol–water partition coefficient (Wildman–Crippen LogP) is 9.51. The minimum absolute atomic E-state index is 0.126. The number of amides is 4. The fourth-order valence-electron chi connectivity index (χ4n) is 9.75. The summed E-state index contributed by atoms with van der Waals surface area (Å²) in [4.78, 5) is 30.7. The molecule has 368 valence electrons. The maximum absolute atomic E-state index is 13.2. The fourth-order valence-corrected chi connectivity index (χ4v) is 9.75. The number of methoxy groups -OCH3 is 4. The van der Waals surface area contributed by atoms with E-state index >= 15 is 0 Å². The number of hydrogen-bond donors (Lipinski definition) is 2. The van der Waals surface area contributed by atoms with Gasteiger partial charge in [-0.15, -0.1) is 0 Å². The Labute approximate surface area is 410 Å². The summed E-state index contributed by atoms with van der Waals surface area (Å²) < 4.78 is 29.5. The monoisotopic (exact) mass is 952 g/mol. The summed E-state index contributed by atoms with van der Waals surface area (Å²) in [6, 6.07) is 19.7. The number of benzene rings is 4. The van der Waals surface area contributed by atoms with Gasteiger partial charge in [-0.2, -0.15) is 15.3 Å². The van der Waals surface area contributed by atoms with Crippen LogP contribution in [0.4, 0.5) is 9.59 Å². The van der Waals surface area contributed by atoms with Crippen molar-refractivity contribution in [3.8, 4) is 45.4 Å². The molecule has 6 aromatic rings. The lowest BCUT2D eigenvalue weighted by molar-refractivity contribution is 0.111. The summed E-state index contributed by atoms with van der Waals surface area (Å²) in [5, 5.41) is 22.9. The number of ether oxygens (including phenoxy) is 4. The third kappa shape index (κ3) is 9.41. The number of carbonyl (C=O) groups is 2. The summed E-state index contributed by atoms with van der Waals surface area (Å²) >= 11 is 0. The largest absolute Gasteiger partial charge is 0.493 e. The van der Waals surface area contributed by atoms with E-state index < -0.39 is 5.54 Å². The Kier molecular flexibility index (Phi) is 15.0. The first-order chi connectivity index (χ1) is 33.6. The molecule has 16 heteroatoms. The molecule has 0 saturated carbocycles. The van der Waals surface area contributed by atoms with Gasteiger partial charge in [0.2, 0.25) is 0 Å². The lowest BCUT2D eigenvalue weighted by Crippen LogP contribution is -2.50. The minimum atomic E-state index is -0.799. The van der Waals surface area contributed by atoms with Crippen molar-refractivity contribution in [1.29, 1.82) is 0 Å². The van der Waals surface area contributed by atoms with E-state index in [1.165, 1.54) is 6.39 Å². The van der Waals surface area contributed by atoms with Crippen LogP contribution < -0.4 is 29.6 Å². The molecule has 2 aromatic heterocycles. The number of oxazole rings is 1. The van der Waals surface area contributed by atoms with Crippen molar-refractivity contribution < 1.29 is 33.0 Å². The standard InChI is InChI=1S/C28H35N5O3.C26H30N4O4/c1-16(2)23-13-21-14-24(35-7)25(36-8)15-22(21)27(31-33(23)28(34)29-5)20-11-9-19(10-12-20)26-17(3)30-32(6)18(26)4;1-7-26(20-9-16(2)8-17(3)24(20)21-14-34-15-28-21)12-18-10-22(32-5)23(33-6)11-19(18)13-29-30(26)25(31)27-4/h9-12,14-16,23H,13H2,1-8H3,(H,29,34);8-11,13-15H,7,12H2,1-6H3,(H,27,31). The van der Waals surface area contributed by atoms with Gasteiger partial charge in [0.25, 0.3) is 0 Å². The van der Waals surface area contributed by atoms with Gasteiger partial charge < -0.3 is 34.0 Å². The van der Waals surface area contributed by atoms with Crippen molar-refractivity contribution in [3.63, 3.8) is 0 Å². The summed E-state index contributed by atoms with van der Waals surface area (Å²) in [7, 11) is 11.7. The number of carbonyl (C=O) groups excluding carboxylic acids is 2. The number of aryl methyl sites for hydroxylation is 4. The smallest absolute Gasteiger partial charge is 0.338 e. The number of nitrogens with one attached hydrogen (secondary N) is 2. The van der Waals surface area contributed by atoms with Crippen LogP contribution in [0.3, 0.4) is 0 Å². The van der Waals surface area contributed by atoms with Crippen LogP contribution in [-0.4, -0.2) is 97.3 Å². The highest BCUT2D eigenvalue weighted by Gasteiger charge is 2.45. The van der Waals surface area contributed by atoms with Gasteiger partial charge in [-0.3, -0.25) is 4.68 Å². The van der Waals surface area contributed by atoms with Crippen LogP contribution >= 0.6 is 0 Å². The summed E-state index contributed by atoms with van der Waals surface area (Å²) in [5.74, 6) is 2.70. The van der Waals surface area contributed by atoms with E-state index in [0.717, 1.165) is 78.3 Å². The molecule has 2 unspecified atom stereocenters. The van der Waals surface area contributed by atoms with Gasteiger partial charge in [-0.05, 0) is 98.5 Å². The number of hydrazone groups is 2. The molecule has 0 fully saturated rings. The highest BCUT2D eigenvalue weighted by molar-refractivity contribution is 6.14. The lowest BCUT2D eigenvalue weighted by Gasteiger charge is -2.41. The van der Waals surface area contributed by atoms with E-state index in [2.05, 4.69) is 98.7 Å². The number of fused-ring (bicyclic) bond motifs is 2. The average molecular weight is 952 g/mol. The minimum Gasteiger partial charge on any atom is -0.493 e. The van der Waals surface area contributed by atoms with Crippen molar-refractivity contribution in [3.05, 3.63) is 129 Å². The van der Waals surface area contributed by atoms with Crippen molar-refractivity contribution in [2.75, 3.05) is 42.5 Å². The molecule has 16 nitrogen and oxygen atoms in total. The first-order valence-electron chi connectivity index (χ1n) is 23.3. The number of rotatable bonds is 10. The molecule has 0 aliphatic carbocycles. The lowest BCUT2D eigenvalue weighted by atomic mass is 9.76. The maximum Gasteiger partial charge on any atom is 0.338 e. The van der Waals surface area contributed by atoms with Crippen LogP contribution in [0.25, 0.3) is 22.4 Å². The zero-order valence-electron chi connectivity index (χ0n) is 42.8. The first kappa shape index (κ1) is 50.3. The Morgan fingerprint density at radius 3 is 1.99 bits per heavy atom. The van der Waals surface area contributed by atoms with E-state index in [0.29, 0.717) is 48.0 Å². The molecule has 0 bridgehead atoms. The van der Waals surface area contributed by atoms with Crippen LogP contribution in [0, 0.1) is 33.6 Å². The van der Waals surface area contributed by atoms with Crippen molar-refractivity contribution in [2.45, 2.75) is 79.3 Å². The molecule has 2 aliphatic rings. The zero-order chi connectivity index (χ0) is 50.6. The number of urea groups is 2. The molecule has 4 heterocycles. The third-order valence-electron chi connectivity index (χ3n) is 13.5. The molecule has 70 heavy (non-hydrogen) atoms. The number of nitrogens with zero attached hydrogens (tertiary/aromatic N) is 7. The molecular formula is C54H65N9O7. The summed E-state index contributed by atoms with van der Waals surface area (Å²) in [6.45, 7) is 14.5. The summed E-state index contributed by atoms with van der Waals surface area (Å²) in [6.07, 6.45) is 6.53. The first-order valence-corrected chi connectivity index (χ1v) is 23.3. The second kappa shape index (κ2) is 20.9. The molecular weight excluding hydrogens is 887 g/mol. The van der Waals surface area contributed by atoms with Crippen molar-refractivity contribution >= 4 is 24.0 Å². The van der Waals surface area contributed by atoms with Gasteiger partial charge in [-0.25, -0.2) is 24.6 Å². The second-order valence-electron chi connectivity index (χ2n) is 17.9. The normalized spacial score (nSPS) is 16.2. The van der Waals surface area contributed by atoms with Crippen LogP contribution in [0.1, 0.15) is 83.1 Å². The van der Waals surface area contributed by atoms with Gasteiger partial charge in [0, 0.05) is 61.1 Å². The predicted molar refractivity (Wildman–Crippen MR) is 272 cm³/mol. The van der Waals surface area contributed by atoms with E-state index in [-0.39, 0.29) is 24.0 Å². The van der Waals surface area contributed by atoms with Gasteiger partial charge in [0.05, 0.1) is 57.6 Å². The highest BCUT2D eigenvalue weighted by atomic mass is 16.5. The maximum atomic E-state index is 13.2. The molecule has 4 aromatic carbocycles. The molecule has 8 rings (SSSR count). The average Bonchev–Trinajstić information content (AvgIpc) is 3.88. The molecule has 2 N–H and O–H groups in total. The molecule has 0 saturated heterocycles. The second-order valence-corrected chi connectivity index (χ2v) is 17.9. The summed E-state index contributed by atoms with van der Waals surface area (Å²) in [5.41, 5.74) is 13.7. The molecule has 2 aliphatic heterocycles. The van der Waals surface area contributed by atoms with Crippen LogP contribution in [0.5, 0.6) is 23.0 Å². The Morgan fingerprint density at radius 1 is 0.814 bits per heavy atom. The molecule has 2 atom stereocenters. The van der Waals surface area contributed by atoms with Crippen LogP contribution in [-0.2, 0) is 25.4 Å². The van der Waals surface area contributed by atoms with E-state index in [1.54, 1.807) is 65.0 Å². The SMILES string of the molecule is CCC1(c2cc(C)cc(C)c2-c2cocn2)Cc2cc(OC)c(OC)cc2C=NN1C(=O)NC.CNC(=O)N1N=C(c2ccc(-c3c(C)nn(C)c3C)cc2)c2cc(OC)c(OC)cc2CC1C(C)C. The van der Waals surface area contributed by atoms with Crippen molar-refractivity contribution in [1.82, 2.24) is 35.4 Å². The third-order valence-corrected chi connectivity index (χ3v) is 13.5. The van der Waals surface area contributed by atoms with E-state index in [1.807, 2.05) is 42.9 Å². The quantitative estimate of drug-likeness (QED) is 0.136. The van der Waals surface area contributed by atoms with Gasteiger partial charge in [0.1, 0.15) is 12.0 Å². The Bertz CT molecular complexity index is 2940. The number of aromatic nitrogens is 3. The molecule has 0 spiro atoms. The Morgan fingerprint density at radius 2 is 1.43 bits per heavy atom. The molecule has 4 amide bonds. The Hall–Kier alpha value is -7.62. The van der Waals surface area contributed by atoms with E-state index in [9.17, 15) is 9.59 Å². The van der Waals surface area contributed by atoms with Gasteiger partial charge >= 0.3 is 12.1 Å². The fraction of sp³-hybridized carbons (Fsp3) is 0.370. The van der Waals surface area contributed by atoms with Gasteiger partial charge in [-0.1, -0.05) is 62.7 Å². The topological polar surface area (TPSA) is 170 Å². The highest BCUT2D eigenvalue weighted by Crippen LogP contribution is 2.46. The van der Waals surface area contributed by atoms with Gasteiger partial charge in [0.15, 0.2) is 29.4 Å². The molecule has 0 radical (unpaired) electrons. The zero-order valence-corrected chi connectivity index (χ0v) is 42.8. The van der Waals surface area contributed by atoms with E-state index in [4.69, 9.17) is 33.6 Å². The van der Waals surface area contributed by atoms with Crippen LogP contribution in [0.2, 0.25) is 0 Å². The number of hydrogen-bond acceptors (Lipinski definition) is 11. The van der Waals surface area contributed by atoms with Crippen LogP contribution in [0.15, 0.2) is 87.9 Å². The Balaban J connectivity index is 0.000000207. The van der Waals surface area contributed by atoms with Crippen molar-refractivity contribution in [2.24, 2.45) is 23.2 Å².